The van der Waals surface area contributed by atoms with E-state index in [1.807, 2.05) is 6.92 Å². The van der Waals surface area contributed by atoms with Crippen molar-refractivity contribution in [3.05, 3.63) is 46.3 Å². The average molecular weight is 476 g/mol. The smallest absolute Gasteiger partial charge is 0.165 e. The van der Waals surface area contributed by atoms with E-state index in [9.17, 15) is 9.50 Å². The predicted octanol–water partition coefficient (Wildman–Crippen LogP) is 3.36. The van der Waals surface area contributed by atoms with Gasteiger partial charge in [0.05, 0.1) is 17.4 Å². The zero-order valence-corrected chi connectivity index (χ0v) is 18.9. The van der Waals surface area contributed by atoms with Gasteiger partial charge in [0, 0.05) is 31.5 Å². The summed E-state index contributed by atoms with van der Waals surface area (Å²) in [6.07, 6.45) is 1.58. The van der Waals surface area contributed by atoms with E-state index < -0.39 is 12.0 Å². The van der Waals surface area contributed by atoms with Crippen molar-refractivity contribution >= 4 is 24.8 Å². The molecular formula is C21H29Cl2F2N5O. The number of halogens is 4. The van der Waals surface area contributed by atoms with Crippen LogP contribution in [0.4, 0.5) is 8.78 Å². The van der Waals surface area contributed by atoms with Crippen LogP contribution < -0.4 is 16.2 Å². The Bertz CT molecular complexity index is 904. The van der Waals surface area contributed by atoms with Crippen LogP contribution in [0.3, 0.4) is 0 Å². The molecule has 0 bridgehead atoms. The molecule has 172 valence electrons. The molecule has 2 aromatic rings. The minimum absolute atomic E-state index is 0. The molecule has 5 atom stereocenters. The number of hydrogen-bond donors (Lipinski definition) is 5. The number of phenols is 1. The lowest BCUT2D eigenvalue weighted by Gasteiger charge is -2.36. The van der Waals surface area contributed by atoms with Crippen molar-refractivity contribution < 1.29 is 13.9 Å². The van der Waals surface area contributed by atoms with Crippen molar-refractivity contribution in [3.63, 3.8) is 0 Å². The molecule has 0 radical (unpaired) electrons. The van der Waals surface area contributed by atoms with Crippen LogP contribution in [0.5, 0.6) is 5.75 Å². The number of fused-ring (bicyclic) bond motifs is 2. The lowest BCUT2D eigenvalue weighted by atomic mass is 9.72. The summed E-state index contributed by atoms with van der Waals surface area (Å²) in [6.45, 7) is 3.65. The van der Waals surface area contributed by atoms with Gasteiger partial charge in [-0.15, -0.1) is 24.8 Å². The fraction of sp³-hybridized carbons (Fsp3) is 0.571. The maximum Gasteiger partial charge on any atom is 0.165 e. The first-order valence-corrected chi connectivity index (χ1v) is 10.5. The summed E-state index contributed by atoms with van der Waals surface area (Å²) in [7, 11) is 0. The lowest BCUT2D eigenvalue weighted by molar-refractivity contribution is 0.127. The molecule has 0 amide bonds. The Morgan fingerprint density at radius 1 is 1.19 bits per heavy atom. The van der Waals surface area contributed by atoms with E-state index >= 15 is 4.39 Å². The SMILES string of the molecule is CCc1cc(O)c(F)cc1C1CC(F)C2C(C1)NNC2c1nc2c([nH]1)CNCC2.Cl.Cl. The fourth-order valence-corrected chi connectivity index (χ4v) is 5.33. The van der Waals surface area contributed by atoms with Crippen molar-refractivity contribution in [1.29, 1.82) is 0 Å². The second-order valence-corrected chi connectivity index (χ2v) is 8.46. The van der Waals surface area contributed by atoms with Gasteiger partial charge in [-0.2, -0.15) is 0 Å². The number of aryl methyl sites for hydroxylation is 1. The summed E-state index contributed by atoms with van der Waals surface area (Å²) in [6, 6.07) is 2.60. The van der Waals surface area contributed by atoms with Crippen molar-refractivity contribution in [2.75, 3.05) is 6.54 Å². The van der Waals surface area contributed by atoms with Crippen LogP contribution in [-0.4, -0.2) is 33.8 Å². The monoisotopic (exact) mass is 475 g/mol. The van der Waals surface area contributed by atoms with Crippen LogP contribution in [-0.2, 0) is 19.4 Å². The summed E-state index contributed by atoms with van der Waals surface area (Å²) in [4.78, 5) is 8.13. The molecule has 5 N–H and O–H groups in total. The summed E-state index contributed by atoms with van der Waals surface area (Å²) in [5, 5.41) is 13.0. The Kier molecular flexibility index (Phi) is 7.48. The van der Waals surface area contributed by atoms with Crippen molar-refractivity contribution in [2.24, 2.45) is 5.92 Å². The quantitative estimate of drug-likeness (QED) is 0.469. The van der Waals surface area contributed by atoms with E-state index in [0.29, 0.717) is 19.3 Å². The van der Waals surface area contributed by atoms with Gasteiger partial charge >= 0.3 is 0 Å². The zero-order chi connectivity index (χ0) is 20.1. The second-order valence-electron chi connectivity index (χ2n) is 8.46. The summed E-state index contributed by atoms with van der Waals surface area (Å²) in [5.41, 5.74) is 10.4. The normalized spacial score (nSPS) is 29.5. The van der Waals surface area contributed by atoms with Crippen LogP contribution in [0.2, 0.25) is 0 Å². The molecule has 3 heterocycles. The van der Waals surface area contributed by atoms with Gasteiger partial charge < -0.3 is 15.4 Å². The molecule has 0 spiro atoms. The first kappa shape index (κ1) is 24.2. The van der Waals surface area contributed by atoms with Gasteiger partial charge in [0.15, 0.2) is 11.6 Å². The van der Waals surface area contributed by atoms with E-state index in [2.05, 4.69) is 21.2 Å². The maximum atomic E-state index is 15.4. The molecule has 5 unspecified atom stereocenters. The number of aromatic hydroxyl groups is 1. The summed E-state index contributed by atoms with van der Waals surface area (Å²) in [5.74, 6) is -0.491. The van der Waals surface area contributed by atoms with Gasteiger partial charge in [-0.05, 0) is 48.4 Å². The minimum Gasteiger partial charge on any atom is -0.505 e. The number of hydrogen-bond acceptors (Lipinski definition) is 5. The average Bonchev–Trinajstić information content (AvgIpc) is 3.33. The Labute approximate surface area is 192 Å². The third kappa shape index (κ3) is 4.28. The highest BCUT2D eigenvalue weighted by Crippen LogP contribution is 2.46. The largest absolute Gasteiger partial charge is 0.505 e. The van der Waals surface area contributed by atoms with E-state index in [1.165, 1.54) is 12.1 Å². The number of nitrogens with zero attached hydrogens (tertiary/aromatic N) is 1. The van der Waals surface area contributed by atoms with Crippen molar-refractivity contribution in [1.82, 2.24) is 26.1 Å². The third-order valence-corrected chi connectivity index (χ3v) is 6.79. The Morgan fingerprint density at radius 2 is 2.00 bits per heavy atom. The minimum atomic E-state index is -1.03. The van der Waals surface area contributed by atoms with Gasteiger partial charge in [0.2, 0.25) is 0 Å². The Morgan fingerprint density at radius 3 is 2.74 bits per heavy atom. The molecule has 1 saturated heterocycles. The summed E-state index contributed by atoms with van der Waals surface area (Å²) >= 11 is 0. The van der Waals surface area contributed by atoms with E-state index in [-0.39, 0.29) is 54.5 Å². The molecule has 1 aliphatic carbocycles. The molecule has 1 aromatic heterocycles. The van der Waals surface area contributed by atoms with Gasteiger partial charge in [-0.3, -0.25) is 5.43 Å². The zero-order valence-electron chi connectivity index (χ0n) is 17.3. The number of hydrazine groups is 1. The third-order valence-electron chi connectivity index (χ3n) is 6.79. The number of aromatic amines is 1. The fourth-order valence-electron chi connectivity index (χ4n) is 5.33. The molecule has 31 heavy (non-hydrogen) atoms. The first-order valence-electron chi connectivity index (χ1n) is 10.5. The van der Waals surface area contributed by atoms with Gasteiger partial charge in [0.1, 0.15) is 12.0 Å². The number of imidazole rings is 1. The molecule has 3 aliphatic rings. The standard InChI is InChI=1S/C21H27F2N5O.2ClH/c1-2-10-7-18(29)13(22)8-12(10)11-5-14(23)19-16(6-11)27-28-20(19)21-25-15-3-4-24-9-17(15)26-21;;/h7-8,11,14,16,19-20,24,27-29H,2-6,9H2,1H3,(H,25,26);2*1H. The van der Waals surface area contributed by atoms with Crippen molar-refractivity contribution in [3.8, 4) is 5.75 Å². The van der Waals surface area contributed by atoms with Crippen LogP contribution in [0.25, 0.3) is 0 Å². The lowest BCUT2D eigenvalue weighted by Crippen LogP contribution is -2.40. The number of nitrogens with one attached hydrogen (secondary N) is 4. The Balaban J connectivity index is 0.00000136. The maximum absolute atomic E-state index is 15.4. The molecule has 10 heteroatoms. The van der Waals surface area contributed by atoms with Crippen LogP contribution >= 0.6 is 24.8 Å². The molecule has 2 fully saturated rings. The number of alkyl halides is 1. The Hall–Kier alpha value is -1.45. The molecule has 5 rings (SSSR count). The topological polar surface area (TPSA) is 85.0 Å². The van der Waals surface area contributed by atoms with Crippen molar-refractivity contribution in [2.45, 2.75) is 63.3 Å². The second kappa shape index (κ2) is 9.58. The van der Waals surface area contributed by atoms with Gasteiger partial charge in [-0.1, -0.05) is 6.92 Å². The number of H-pyrrole nitrogens is 1. The number of benzene rings is 1. The highest BCUT2D eigenvalue weighted by atomic mass is 35.5. The van der Waals surface area contributed by atoms with Gasteiger partial charge in [-0.25, -0.2) is 19.2 Å². The number of rotatable bonds is 3. The molecule has 2 aliphatic heterocycles. The molecule has 1 saturated carbocycles. The number of aromatic nitrogens is 2. The summed E-state index contributed by atoms with van der Waals surface area (Å²) < 4.78 is 29.5. The van der Waals surface area contributed by atoms with E-state index in [1.54, 1.807) is 0 Å². The molecule has 1 aromatic carbocycles. The predicted molar refractivity (Wildman–Crippen MR) is 119 cm³/mol. The van der Waals surface area contributed by atoms with Gasteiger partial charge in [0.25, 0.3) is 0 Å². The molecule has 6 nitrogen and oxygen atoms in total. The van der Waals surface area contributed by atoms with Crippen LogP contribution in [0.15, 0.2) is 12.1 Å². The highest BCUT2D eigenvalue weighted by Gasteiger charge is 2.48. The molecular weight excluding hydrogens is 447 g/mol. The van der Waals surface area contributed by atoms with E-state index in [4.69, 9.17) is 4.98 Å². The highest BCUT2D eigenvalue weighted by molar-refractivity contribution is 5.85. The first-order chi connectivity index (χ1) is 14.0. The number of phenolic OH excluding ortho intramolecular Hbond substituents is 1. The van der Waals surface area contributed by atoms with Crippen LogP contribution in [0, 0.1) is 11.7 Å². The van der Waals surface area contributed by atoms with E-state index in [0.717, 1.165) is 47.8 Å². The van der Waals surface area contributed by atoms with Crippen LogP contribution in [0.1, 0.15) is 60.1 Å².